The molecule has 104 valence electrons. The fraction of sp³-hybridized carbons (Fsp3) is 0.133. The van der Waals surface area contributed by atoms with Gasteiger partial charge in [0, 0.05) is 0 Å². The van der Waals surface area contributed by atoms with E-state index >= 15 is 0 Å². The highest BCUT2D eigenvalue weighted by Crippen LogP contribution is 2.23. The maximum absolute atomic E-state index is 10.8. The van der Waals surface area contributed by atoms with E-state index in [0.29, 0.717) is 29.7 Å². The smallest absolute Gasteiger partial charge is 0.335 e. The zero-order chi connectivity index (χ0) is 14.4. The maximum Gasteiger partial charge on any atom is 0.335 e. The average molecular weight is 293 g/mol. The van der Waals surface area contributed by atoms with Gasteiger partial charge >= 0.3 is 5.97 Å². The van der Waals surface area contributed by atoms with Crippen molar-refractivity contribution in [3.8, 4) is 11.5 Å². The van der Waals surface area contributed by atoms with Gasteiger partial charge in [0.05, 0.1) is 10.6 Å². The van der Waals surface area contributed by atoms with Gasteiger partial charge in [0.25, 0.3) is 0 Å². The second kappa shape index (κ2) is 6.82. The zero-order valence-corrected chi connectivity index (χ0v) is 11.3. The number of aromatic carboxylic acids is 1. The summed E-state index contributed by atoms with van der Waals surface area (Å²) in [5.74, 6) is 0.104. The van der Waals surface area contributed by atoms with Crippen LogP contribution in [0, 0.1) is 0 Å². The number of hydrogen-bond donors (Lipinski definition) is 1. The summed E-state index contributed by atoms with van der Waals surface area (Å²) >= 11 is 5.94. The van der Waals surface area contributed by atoms with Crippen LogP contribution in [-0.2, 0) is 0 Å². The predicted octanol–water partition coefficient (Wildman–Crippen LogP) is 3.50. The normalized spacial score (nSPS) is 10.1. The van der Waals surface area contributed by atoms with E-state index < -0.39 is 5.97 Å². The van der Waals surface area contributed by atoms with Crippen molar-refractivity contribution in [2.75, 3.05) is 13.2 Å². The Morgan fingerprint density at radius 1 is 1.05 bits per heavy atom. The van der Waals surface area contributed by atoms with Crippen molar-refractivity contribution < 1.29 is 19.4 Å². The van der Waals surface area contributed by atoms with Crippen LogP contribution in [0.5, 0.6) is 11.5 Å². The molecule has 0 atom stereocenters. The van der Waals surface area contributed by atoms with Gasteiger partial charge in [-0.1, -0.05) is 29.8 Å². The Morgan fingerprint density at radius 2 is 1.80 bits per heavy atom. The minimum Gasteiger partial charge on any atom is -0.490 e. The second-order valence-corrected chi connectivity index (χ2v) is 4.37. The Bertz CT molecular complexity index is 598. The number of benzene rings is 2. The van der Waals surface area contributed by atoms with Crippen LogP contribution < -0.4 is 9.47 Å². The summed E-state index contributed by atoms with van der Waals surface area (Å²) in [7, 11) is 0. The molecule has 0 heterocycles. The fourth-order valence-corrected chi connectivity index (χ4v) is 1.78. The summed E-state index contributed by atoms with van der Waals surface area (Å²) in [6, 6.07) is 13.5. The van der Waals surface area contributed by atoms with Gasteiger partial charge in [0.1, 0.15) is 24.7 Å². The summed E-state index contributed by atoms with van der Waals surface area (Å²) < 4.78 is 10.9. The van der Waals surface area contributed by atoms with Crippen LogP contribution in [0.1, 0.15) is 10.4 Å². The molecule has 0 aliphatic carbocycles. The van der Waals surface area contributed by atoms with E-state index in [-0.39, 0.29) is 5.56 Å². The number of hydrogen-bond acceptors (Lipinski definition) is 3. The van der Waals surface area contributed by atoms with Gasteiger partial charge in [0.15, 0.2) is 0 Å². The molecule has 0 saturated carbocycles. The minimum absolute atomic E-state index is 0.189. The van der Waals surface area contributed by atoms with Gasteiger partial charge in [-0.2, -0.15) is 0 Å². The minimum atomic E-state index is -0.984. The molecule has 4 nitrogen and oxygen atoms in total. The monoisotopic (exact) mass is 292 g/mol. The number of para-hydroxylation sites is 1. The SMILES string of the molecule is O=C(O)c1cccc(OCCOc2ccccc2Cl)c1. The first-order valence-electron chi connectivity index (χ1n) is 6.00. The molecule has 0 aromatic heterocycles. The molecular formula is C15H13ClO4. The Labute approximate surface area is 121 Å². The van der Waals surface area contributed by atoms with E-state index in [0.717, 1.165) is 0 Å². The molecule has 0 aliphatic rings. The number of rotatable bonds is 6. The van der Waals surface area contributed by atoms with Crippen molar-refractivity contribution in [2.45, 2.75) is 0 Å². The third kappa shape index (κ3) is 3.90. The molecule has 20 heavy (non-hydrogen) atoms. The molecule has 0 saturated heterocycles. The summed E-state index contributed by atoms with van der Waals surface area (Å²) in [5, 5.41) is 9.41. The lowest BCUT2D eigenvalue weighted by Gasteiger charge is -2.09. The van der Waals surface area contributed by atoms with E-state index in [2.05, 4.69) is 0 Å². The Balaban J connectivity index is 1.83. The van der Waals surface area contributed by atoms with Crippen molar-refractivity contribution in [3.63, 3.8) is 0 Å². The van der Waals surface area contributed by atoms with Crippen LogP contribution in [0.25, 0.3) is 0 Å². The molecule has 0 radical (unpaired) electrons. The fourth-order valence-electron chi connectivity index (χ4n) is 1.59. The molecule has 0 fully saturated rings. The average Bonchev–Trinajstić information content (AvgIpc) is 2.45. The number of ether oxygens (including phenoxy) is 2. The summed E-state index contributed by atoms with van der Waals surface area (Å²) in [6.07, 6.45) is 0. The van der Waals surface area contributed by atoms with Crippen molar-refractivity contribution in [1.82, 2.24) is 0 Å². The lowest BCUT2D eigenvalue weighted by atomic mass is 10.2. The van der Waals surface area contributed by atoms with E-state index in [1.54, 1.807) is 24.3 Å². The Kier molecular flexibility index (Phi) is 4.85. The first kappa shape index (κ1) is 14.2. The van der Waals surface area contributed by atoms with Crippen LogP contribution in [-0.4, -0.2) is 24.3 Å². The van der Waals surface area contributed by atoms with Gasteiger partial charge < -0.3 is 14.6 Å². The molecule has 2 aromatic rings. The lowest BCUT2D eigenvalue weighted by Crippen LogP contribution is -2.09. The first-order valence-corrected chi connectivity index (χ1v) is 6.38. The van der Waals surface area contributed by atoms with Crippen LogP contribution in [0.15, 0.2) is 48.5 Å². The molecule has 0 bridgehead atoms. The molecule has 5 heteroatoms. The molecule has 0 aliphatic heterocycles. The number of carboxylic acids is 1. The highest BCUT2D eigenvalue weighted by molar-refractivity contribution is 6.32. The lowest BCUT2D eigenvalue weighted by molar-refractivity contribution is 0.0696. The summed E-state index contributed by atoms with van der Waals surface area (Å²) in [4.78, 5) is 10.8. The van der Waals surface area contributed by atoms with Crippen molar-refractivity contribution in [2.24, 2.45) is 0 Å². The van der Waals surface area contributed by atoms with Gasteiger partial charge in [-0.3, -0.25) is 0 Å². The van der Waals surface area contributed by atoms with Gasteiger partial charge in [-0.15, -0.1) is 0 Å². The highest BCUT2D eigenvalue weighted by atomic mass is 35.5. The second-order valence-electron chi connectivity index (χ2n) is 3.96. The molecule has 0 amide bonds. The zero-order valence-electron chi connectivity index (χ0n) is 10.6. The van der Waals surface area contributed by atoms with Crippen molar-refractivity contribution >= 4 is 17.6 Å². The predicted molar refractivity (Wildman–Crippen MR) is 75.8 cm³/mol. The van der Waals surface area contributed by atoms with Crippen molar-refractivity contribution in [3.05, 3.63) is 59.1 Å². The highest BCUT2D eigenvalue weighted by Gasteiger charge is 2.04. The van der Waals surface area contributed by atoms with E-state index in [1.165, 1.54) is 12.1 Å². The Morgan fingerprint density at radius 3 is 2.55 bits per heavy atom. The molecular weight excluding hydrogens is 280 g/mol. The third-order valence-corrected chi connectivity index (χ3v) is 2.84. The maximum atomic E-state index is 10.8. The van der Waals surface area contributed by atoms with E-state index in [1.807, 2.05) is 12.1 Å². The van der Waals surface area contributed by atoms with Crippen LogP contribution >= 0.6 is 11.6 Å². The molecule has 2 aromatic carbocycles. The molecule has 0 spiro atoms. The standard InChI is InChI=1S/C15H13ClO4/c16-13-6-1-2-7-14(13)20-9-8-19-12-5-3-4-11(10-12)15(17)18/h1-7,10H,8-9H2,(H,17,18). The quantitative estimate of drug-likeness (QED) is 0.828. The van der Waals surface area contributed by atoms with Crippen LogP contribution in [0.3, 0.4) is 0 Å². The largest absolute Gasteiger partial charge is 0.490 e. The molecule has 0 unspecified atom stereocenters. The number of carbonyl (C=O) groups is 1. The summed E-state index contributed by atoms with van der Waals surface area (Å²) in [5.41, 5.74) is 0.189. The number of halogens is 1. The first-order chi connectivity index (χ1) is 9.66. The van der Waals surface area contributed by atoms with Gasteiger partial charge in [0.2, 0.25) is 0 Å². The van der Waals surface area contributed by atoms with Crippen LogP contribution in [0.2, 0.25) is 5.02 Å². The van der Waals surface area contributed by atoms with E-state index in [4.69, 9.17) is 26.2 Å². The van der Waals surface area contributed by atoms with E-state index in [9.17, 15) is 4.79 Å². The molecule has 1 N–H and O–H groups in total. The van der Waals surface area contributed by atoms with Crippen LogP contribution in [0.4, 0.5) is 0 Å². The van der Waals surface area contributed by atoms with Gasteiger partial charge in [-0.25, -0.2) is 4.79 Å². The topological polar surface area (TPSA) is 55.8 Å². The Hall–Kier alpha value is -2.20. The van der Waals surface area contributed by atoms with Crippen molar-refractivity contribution in [1.29, 1.82) is 0 Å². The van der Waals surface area contributed by atoms with Gasteiger partial charge in [-0.05, 0) is 30.3 Å². The molecule has 2 rings (SSSR count). The number of carboxylic acid groups (broad SMARTS) is 1. The summed E-state index contributed by atoms with van der Waals surface area (Å²) in [6.45, 7) is 0.620. The third-order valence-electron chi connectivity index (χ3n) is 2.53.